The van der Waals surface area contributed by atoms with E-state index in [9.17, 15) is 0 Å². The van der Waals surface area contributed by atoms with E-state index >= 15 is 0 Å². The van der Waals surface area contributed by atoms with Crippen molar-refractivity contribution in [2.45, 2.75) is 0 Å². The highest BCUT2D eigenvalue weighted by atomic mass is 127. The van der Waals surface area contributed by atoms with Gasteiger partial charge in [-0.15, -0.1) is 0 Å². The third kappa shape index (κ3) is 3.91. The van der Waals surface area contributed by atoms with Gasteiger partial charge in [-0.05, 0) is 113 Å². The molecule has 0 unspecified atom stereocenters. The van der Waals surface area contributed by atoms with E-state index in [1.54, 1.807) is 0 Å². The molecule has 0 radical (unpaired) electrons. The molecule has 7 aromatic carbocycles. The molecule has 0 nitrogen and oxygen atoms in total. The maximum atomic E-state index is 2.39. The van der Waals surface area contributed by atoms with Gasteiger partial charge in [0.25, 0.3) is 0 Å². The Morgan fingerprint density at radius 2 is 0.811 bits per heavy atom. The summed E-state index contributed by atoms with van der Waals surface area (Å²) in [5.41, 5.74) is 7.58. The molecule has 174 valence electrons. The predicted octanol–water partition coefficient (Wildman–Crippen LogP) is 10.8. The Balaban J connectivity index is 1.54. The second kappa shape index (κ2) is 9.17. The molecule has 0 aliphatic carbocycles. The molecule has 1 heteroatoms. The summed E-state index contributed by atoms with van der Waals surface area (Å²) in [7, 11) is 0. The molecule has 37 heavy (non-hydrogen) atoms. The molecule has 0 spiro atoms. The van der Waals surface area contributed by atoms with Gasteiger partial charge < -0.3 is 0 Å². The van der Waals surface area contributed by atoms with Crippen LogP contribution in [0.25, 0.3) is 65.7 Å². The van der Waals surface area contributed by atoms with Crippen LogP contribution in [0.3, 0.4) is 0 Å². The minimum absolute atomic E-state index is 1.24. The second-order valence-electron chi connectivity index (χ2n) is 9.49. The highest BCUT2D eigenvalue weighted by molar-refractivity contribution is 14.1. The van der Waals surface area contributed by atoms with E-state index in [-0.39, 0.29) is 0 Å². The lowest BCUT2D eigenvalue weighted by Crippen LogP contribution is -1.91. The van der Waals surface area contributed by atoms with E-state index in [0.29, 0.717) is 0 Å². The van der Waals surface area contributed by atoms with E-state index in [1.165, 1.54) is 69.3 Å². The summed E-state index contributed by atoms with van der Waals surface area (Å²) in [4.78, 5) is 0. The van der Waals surface area contributed by atoms with E-state index in [4.69, 9.17) is 0 Å². The van der Waals surface area contributed by atoms with Gasteiger partial charge in [-0.3, -0.25) is 0 Å². The molecule has 0 aliphatic rings. The third-order valence-electron chi connectivity index (χ3n) is 7.28. The van der Waals surface area contributed by atoms with Crippen LogP contribution in [0, 0.1) is 3.57 Å². The van der Waals surface area contributed by atoms with Gasteiger partial charge in [-0.2, -0.15) is 0 Å². The summed E-state index contributed by atoms with van der Waals surface area (Å²) in [5, 5.41) is 7.66. The fourth-order valence-electron chi connectivity index (χ4n) is 5.62. The predicted molar refractivity (Wildman–Crippen MR) is 168 cm³/mol. The summed E-state index contributed by atoms with van der Waals surface area (Å²) < 4.78 is 1.25. The van der Waals surface area contributed by atoms with Crippen molar-refractivity contribution in [1.82, 2.24) is 0 Å². The van der Waals surface area contributed by atoms with Crippen molar-refractivity contribution in [1.29, 1.82) is 0 Å². The first-order valence-electron chi connectivity index (χ1n) is 12.6. The minimum atomic E-state index is 1.24. The average molecular weight is 582 g/mol. The van der Waals surface area contributed by atoms with Crippen LogP contribution in [0.1, 0.15) is 0 Å². The first kappa shape index (κ1) is 22.3. The summed E-state index contributed by atoms with van der Waals surface area (Å²) in [6.07, 6.45) is 0. The zero-order valence-corrected chi connectivity index (χ0v) is 22.3. The standard InChI is InChI=1S/C36H23I/c37-30-14-8-12-27(23-30)26-11-7-13-28(22-26)35-31-15-3-5-17-33(31)36(34-18-6-4-16-32(34)35)29-20-19-24-9-1-2-10-25(24)21-29/h1-23H. The van der Waals surface area contributed by atoms with Crippen LogP contribution in [0.15, 0.2) is 140 Å². The Morgan fingerprint density at radius 1 is 0.324 bits per heavy atom. The van der Waals surface area contributed by atoms with Gasteiger partial charge in [0, 0.05) is 3.57 Å². The molecule has 7 rings (SSSR count). The van der Waals surface area contributed by atoms with Crippen molar-refractivity contribution in [3.05, 3.63) is 143 Å². The Bertz CT molecular complexity index is 1890. The Hall–Kier alpha value is -3.95. The maximum Gasteiger partial charge on any atom is 0.0136 e. The highest BCUT2D eigenvalue weighted by Gasteiger charge is 2.17. The molecular weight excluding hydrogens is 559 g/mol. The summed E-state index contributed by atoms with van der Waals surface area (Å²) in [5.74, 6) is 0. The van der Waals surface area contributed by atoms with Crippen molar-refractivity contribution >= 4 is 54.9 Å². The van der Waals surface area contributed by atoms with Crippen LogP contribution in [0.2, 0.25) is 0 Å². The average Bonchev–Trinajstić information content (AvgIpc) is 2.95. The summed E-state index contributed by atoms with van der Waals surface area (Å²) in [6, 6.07) is 50.9. The van der Waals surface area contributed by atoms with Gasteiger partial charge >= 0.3 is 0 Å². The number of benzene rings is 7. The molecule has 0 aliphatic heterocycles. The fraction of sp³-hybridized carbons (Fsp3) is 0. The van der Waals surface area contributed by atoms with E-state index < -0.39 is 0 Å². The van der Waals surface area contributed by atoms with E-state index in [2.05, 4.69) is 162 Å². The maximum absolute atomic E-state index is 2.39. The first-order chi connectivity index (χ1) is 18.3. The van der Waals surface area contributed by atoms with Crippen LogP contribution >= 0.6 is 22.6 Å². The molecule has 0 amide bonds. The van der Waals surface area contributed by atoms with Crippen molar-refractivity contribution < 1.29 is 0 Å². The van der Waals surface area contributed by atoms with E-state index in [1.807, 2.05) is 0 Å². The zero-order chi connectivity index (χ0) is 24.8. The van der Waals surface area contributed by atoms with E-state index in [0.717, 1.165) is 0 Å². The van der Waals surface area contributed by atoms with Gasteiger partial charge in [0.05, 0.1) is 0 Å². The smallest absolute Gasteiger partial charge is 0.0136 e. The van der Waals surface area contributed by atoms with Crippen molar-refractivity contribution in [3.8, 4) is 33.4 Å². The first-order valence-corrected chi connectivity index (χ1v) is 13.6. The van der Waals surface area contributed by atoms with Crippen LogP contribution < -0.4 is 0 Å². The van der Waals surface area contributed by atoms with Crippen molar-refractivity contribution in [2.75, 3.05) is 0 Å². The van der Waals surface area contributed by atoms with Gasteiger partial charge in [-0.25, -0.2) is 0 Å². The highest BCUT2D eigenvalue weighted by Crippen LogP contribution is 2.44. The van der Waals surface area contributed by atoms with Crippen LogP contribution in [0.5, 0.6) is 0 Å². The van der Waals surface area contributed by atoms with Crippen LogP contribution in [-0.4, -0.2) is 0 Å². The third-order valence-corrected chi connectivity index (χ3v) is 7.95. The number of rotatable bonds is 3. The summed E-state index contributed by atoms with van der Waals surface area (Å²) in [6.45, 7) is 0. The van der Waals surface area contributed by atoms with Crippen molar-refractivity contribution in [3.63, 3.8) is 0 Å². The topological polar surface area (TPSA) is 0 Å². The molecular formula is C36H23I. The molecule has 0 atom stereocenters. The lowest BCUT2D eigenvalue weighted by molar-refractivity contribution is 1.58. The molecule has 7 aromatic rings. The molecule has 0 N–H and O–H groups in total. The molecule has 0 heterocycles. The SMILES string of the molecule is Ic1cccc(-c2cccc(-c3c4ccccc4c(-c4ccc5ccccc5c4)c4ccccc34)c2)c1. The monoisotopic (exact) mass is 582 g/mol. The number of hydrogen-bond acceptors (Lipinski definition) is 0. The zero-order valence-electron chi connectivity index (χ0n) is 20.2. The molecule has 0 bridgehead atoms. The number of hydrogen-bond donors (Lipinski definition) is 0. The normalized spacial score (nSPS) is 11.4. The molecule has 0 saturated carbocycles. The van der Waals surface area contributed by atoms with Crippen molar-refractivity contribution in [2.24, 2.45) is 0 Å². The summed E-state index contributed by atoms with van der Waals surface area (Å²) >= 11 is 2.39. The quantitative estimate of drug-likeness (QED) is 0.144. The lowest BCUT2D eigenvalue weighted by atomic mass is 9.85. The van der Waals surface area contributed by atoms with Crippen LogP contribution in [-0.2, 0) is 0 Å². The fourth-order valence-corrected chi connectivity index (χ4v) is 6.16. The molecule has 0 saturated heterocycles. The second-order valence-corrected chi connectivity index (χ2v) is 10.7. The Labute approximate surface area is 230 Å². The van der Waals surface area contributed by atoms with Gasteiger partial charge in [0.15, 0.2) is 0 Å². The number of fused-ring (bicyclic) bond motifs is 3. The largest absolute Gasteiger partial charge is 0.0616 e. The van der Waals surface area contributed by atoms with Gasteiger partial charge in [0.2, 0.25) is 0 Å². The molecule has 0 aromatic heterocycles. The lowest BCUT2D eigenvalue weighted by Gasteiger charge is -2.18. The number of halogens is 1. The molecule has 0 fully saturated rings. The minimum Gasteiger partial charge on any atom is -0.0616 e. The van der Waals surface area contributed by atoms with Gasteiger partial charge in [0.1, 0.15) is 0 Å². The van der Waals surface area contributed by atoms with Crippen LogP contribution in [0.4, 0.5) is 0 Å². The Kier molecular flexibility index (Phi) is 5.52. The Morgan fingerprint density at radius 3 is 1.43 bits per heavy atom. The van der Waals surface area contributed by atoms with Gasteiger partial charge in [-0.1, -0.05) is 115 Å².